The smallest absolute Gasteiger partial charge is 0.257 e. The van der Waals surface area contributed by atoms with E-state index in [2.05, 4.69) is 36.5 Å². The lowest BCUT2D eigenvalue weighted by molar-refractivity contribution is -0.122. The van der Waals surface area contributed by atoms with Crippen LogP contribution in [0.5, 0.6) is 5.75 Å². The van der Waals surface area contributed by atoms with Gasteiger partial charge in [0, 0.05) is 18.1 Å². The lowest BCUT2D eigenvalue weighted by Crippen LogP contribution is -2.30. The van der Waals surface area contributed by atoms with Crippen molar-refractivity contribution in [2.24, 2.45) is 0 Å². The molecule has 4 heteroatoms. The van der Waals surface area contributed by atoms with Crippen LogP contribution in [0.3, 0.4) is 0 Å². The van der Waals surface area contributed by atoms with E-state index in [9.17, 15) is 4.79 Å². The number of ether oxygens (including phenoxy) is 1. The third kappa shape index (κ3) is 6.78. The largest absolute Gasteiger partial charge is 0.484 e. The first-order valence-electron chi connectivity index (χ1n) is 7.73. The highest BCUT2D eigenvalue weighted by Gasteiger charge is 2.02. The van der Waals surface area contributed by atoms with Gasteiger partial charge in [-0.3, -0.25) is 4.79 Å². The van der Waals surface area contributed by atoms with Crippen LogP contribution in [0, 0.1) is 13.8 Å². The molecule has 0 aliphatic rings. The SMILES string of the molecule is Cc1ccc(OCC(=O)NCCSCc2cccc(C)c2)cc1. The molecule has 2 aromatic rings. The maximum atomic E-state index is 11.7. The van der Waals surface area contributed by atoms with Gasteiger partial charge in [0.2, 0.25) is 0 Å². The van der Waals surface area contributed by atoms with E-state index in [1.54, 1.807) is 0 Å². The number of hydrogen-bond acceptors (Lipinski definition) is 3. The molecule has 0 saturated carbocycles. The number of hydrogen-bond donors (Lipinski definition) is 1. The third-order valence-electron chi connectivity index (χ3n) is 3.31. The van der Waals surface area contributed by atoms with Crippen molar-refractivity contribution in [3.8, 4) is 5.75 Å². The van der Waals surface area contributed by atoms with Crippen molar-refractivity contribution < 1.29 is 9.53 Å². The van der Waals surface area contributed by atoms with Gasteiger partial charge in [0.1, 0.15) is 5.75 Å². The molecule has 0 aromatic heterocycles. The molecule has 23 heavy (non-hydrogen) atoms. The molecule has 0 spiro atoms. The Morgan fingerprint density at radius 3 is 2.61 bits per heavy atom. The van der Waals surface area contributed by atoms with E-state index < -0.39 is 0 Å². The number of carbonyl (C=O) groups excluding carboxylic acids is 1. The van der Waals surface area contributed by atoms with E-state index in [1.165, 1.54) is 16.7 Å². The number of carbonyl (C=O) groups is 1. The van der Waals surface area contributed by atoms with Crippen LogP contribution in [0.25, 0.3) is 0 Å². The zero-order chi connectivity index (χ0) is 16.5. The molecule has 0 bridgehead atoms. The lowest BCUT2D eigenvalue weighted by atomic mass is 10.2. The van der Waals surface area contributed by atoms with Gasteiger partial charge in [-0.2, -0.15) is 11.8 Å². The third-order valence-corrected chi connectivity index (χ3v) is 4.34. The van der Waals surface area contributed by atoms with Crippen LogP contribution < -0.4 is 10.1 Å². The molecule has 0 atom stereocenters. The summed E-state index contributed by atoms with van der Waals surface area (Å²) in [4.78, 5) is 11.7. The number of rotatable bonds is 8. The Morgan fingerprint density at radius 1 is 1.09 bits per heavy atom. The molecule has 2 rings (SSSR count). The number of aryl methyl sites for hydroxylation is 2. The van der Waals surface area contributed by atoms with Gasteiger partial charge >= 0.3 is 0 Å². The van der Waals surface area contributed by atoms with Crippen molar-refractivity contribution in [3.63, 3.8) is 0 Å². The fourth-order valence-electron chi connectivity index (χ4n) is 2.09. The Balaban J connectivity index is 1.57. The van der Waals surface area contributed by atoms with Gasteiger partial charge < -0.3 is 10.1 Å². The number of amides is 1. The van der Waals surface area contributed by atoms with Crippen molar-refractivity contribution >= 4 is 17.7 Å². The van der Waals surface area contributed by atoms with Crippen LogP contribution in [-0.4, -0.2) is 24.8 Å². The highest BCUT2D eigenvalue weighted by Crippen LogP contribution is 2.13. The van der Waals surface area contributed by atoms with E-state index in [0.717, 1.165) is 17.3 Å². The normalized spacial score (nSPS) is 10.3. The van der Waals surface area contributed by atoms with Gasteiger partial charge in [0.25, 0.3) is 5.91 Å². The molecule has 3 nitrogen and oxygen atoms in total. The Bertz CT molecular complexity index is 626. The molecule has 0 saturated heterocycles. The maximum Gasteiger partial charge on any atom is 0.257 e. The predicted octanol–water partition coefficient (Wildman–Crippen LogP) is 3.73. The minimum absolute atomic E-state index is 0.0611. The summed E-state index contributed by atoms with van der Waals surface area (Å²) in [5.41, 5.74) is 3.78. The standard InChI is InChI=1S/C19H23NO2S/c1-15-6-8-18(9-7-15)22-13-19(21)20-10-11-23-14-17-5-3-4-16(2)12-17/h3-9,12H,10-11,13-14H2,1-2H3,(H,20,21). The van der Waals surface area contributed by atoms with Gasteiger partial charge in [-0.25, -0.2) is 0 Å². The van der Waals surface area contributed by atoms with Gasteiger partial charge in [-0.15, -0.1) is 0 Å². The summed E-state index contributed by atoms with van der Waals surface area (Å²) in [6.45, 7) is 4.84. The minimum atomic E-state index is -0.0817. The molecule has 0 radical (unpaired) electrons. The Morgan fingerprint density at radius 2 is 1.87 bits per heavy atom. The molecule has 1 amide bonds. The Labute approximate surface area is 142 Å². The maximum absolute atomic E-state index is 11.7. The molecule has 0 aliphatic carbocycles. The number of nitrogens with one attached hydrogen (secondary N) is 1. The summed E-state index contributed by atoms with van der Waals surface area (Å²) in [5, 5.41) is 2.88. The second-order valence-electron chi connectivity index (χ2n) is 5.49. The average molecular weight is 329 g/mol. The molecule has 122 valence electrons. The summed E-state index contributed by atoms with van der Waals surface area (Å²) in [7, 11) is 0. The zero-order valence-electron chi connectivity index (χ0n) is 13.7. The van der Waals surface area contributed by atoms with E-state index >= 15 is 0 Å². The van der Waals surface area contributed by atoms with E-state index in [0.29, 0.717) is 6.54 Å². The van der Waals surface area contributed by atoms with Gasteiger partial charge in [-0.1, -0.05) is 47.5 Å². The molecular weight excluding hydrogens is 306 g/mol. The average Bonchev–Trinajstić information content (AvgIpc) is 2.54. The second kappa shape index (κ2) is 9.26. The van der Waals surface area contributed by atoms with E-state index in [-0.39, 0.29) is 12.5 Å². The van der Waals surface area contributed by atoms with Crippen LogP contribution in [0.15, 0.2) is 48.5 Å². The van der Waals surface area contributed by atoms with Crippen LogP contribution in [-0.2, 0) is 10.5 Å². The fourth-order valence-corrected chi connectivity index (χ4v) is 2.89. The first kappa shape index (κ1) is 17.4. The summed E-state index contributed by atoms with van der Waals surface area (Å²) in [6, 6.07) is 16.2. The first-order valence-corrected chi connectivity index (χ1v) is 8.88. The highest BCUT2D eigenvalue weighted by molar-refractivity contribution is 7.98. The monoisotopic (exact) mass is 329 g/mol. The molecule has 0 aliphatic heterocycles. The molecule has 0 unspecified atom stereocenters. The topological polar surface area (TPSA) is 38.3 Å². The van der Waals surface area contributed by atoms with Crippen LogP contribution in [0.4, 0.5) is 0 Å². The van der Waals surface area contributed by atoms with E-state index in [4.69, 9.17) is 4.74 Å². The van der Waals surface area contributed by atoms with Gasteiger partial charge in [0.05, 0.1) is 0 Å². The van der Waals surface area contributed by atoms with Crippen molar-refractivity contribution in [2.75, 3.05) is 18.9 Å². The predicted molar refractivity (Wildman–Crippen MR) is 97.0 cm³/mol. The van der Waals surface area contributed by atoms with Crippen LogP contribution >= 0.6 is 11.8 Å². The highest BCUT2D eigenvalue weighted by atomic mass is 32.2. The molecule has 0 heterocycles. The first-order chi connectivity index (χ1) is 11.1. The molecular formula is C19H23NO2S. The van der Waals surface area contributed by atoms with Crippen molar-refractivity contribution in [2.45, 2.75) is 19.6 Å². The second-order valence-corrected chi connectivity index (χ2v) is 6.60. The summed E-state index contributed by atoms with van der Waals surface area (Å²) in [5.74, 6) is 2.50. The number of benzene rings is 2. The molecule has 0 fully saturated rings. The van der Waals surface area contributed by atoms with Crippen LogP contribution in [0.1, 0.15) is 16.7 Å². The fraction of sp³-hybridized carbons (Fsp3) is 0.316. The van der Waals surface area contributed by atoms with Crippen molar-refractivity contribution in [1.29, 1.82) is 0 Å². The summed E-state index contributed by atoms with van der Waals surface area (Å²) < 4.78 is 5.44. The zero-order valence-corrected chi connectivity index (χ0v) is 14.5. The molecule has 2 aromatic carbocycles. The van der Waals surface area contributed by atoms with Gasteiger partial charge in [-0.05, 0) is 31.5 Å². The Hall–Kier alpha value is -1.94. The Kier molecular flexibility index (Phi) is 7.01. The van der Waals surface area contributed by atoms with Gasteiger partial charge in [0.15, 0.2) is 6.61 Å². The van der Waals surface area contributed by atoms with Crippen molar-refractivity contribution in [1.82, 2.24) is 5.32 Å². The summed E-state index contributed by atoms with van der Waals surface area (Å²) >= 11 is 1.82. The van der Waals surface area contributed by atoms with E-state index in [1.807, 2.05) is 43.0 Å². The molecule has 1 N–H and O–H groups in total. The number of thioether (sulfide) groups is 1. The van der Waals surface area contributed by atoms with Crippen LogP contribution in [0.2, 0.25) is 0 Å². The quantitative estimate of drug-likeness (QED) is 0.750. The minimum Gasteiger partial charge on any atom is -0.484 e. The van der Waals surface area contributed by atoms with Crippen molar-refractivity contribution in [3.05, 3.63) is 65.2 Å². The summed E-state index contributed by atoms with van der Waals surface area (Å²) in [6.07, 6.45) is 0. The lowest BCUT2D eigenvalue weighted by Gasteiger charge is -2.08.